The van der Waals surface area contributed by atoms with Crippen molar-refractivity contribution in [1.29, 1.82) is 0 Å². The van der Waals surface area contributed by atoms with Gasteiger partial charge in [0.25, 0.3) is 0 Å². The van der Waals surface area contributed by atoms with Crippen molar-refractivity contribution in [2.24, 2.45) is 5.92 Å². The second-order valence-electron chi connectivity index (χ2n) is 3.83. The average Bonchev–Trinajstić information content (AvgIpc) is 2.02. The minimum absolute atomic E-state index is 0.230. The molecular weight excluding hydrogens is 170 g/mol. The molecule has 0 spiro atoms. The Kier molecular flexibility index (Phi) is 3.14. The number of carbonyl (C=O) groups is 1. The van der Waals surface area contributed by atoms with E-state index in [9.17, 15) is 9.90 Å². The molecule has 1 aliphatic heterocycles. The van der Waals surface area contributed by atoms with Crippen LogP contribution in [0.25, 0.3) is 0 Å². The topological polar surface area (TPSA) is 60.8 Å². The van der Waals surface area contributed by atoms with E-state index in [2.05, 4.69) is 0 Å². The molecule has 4 heteroatoms. The number of hydrogen-bond donors (Lipinski definition) is 2. The Balaban J connectivity index is 2.74. The van der Waals surface area contributed by atoms with Gasteiger partial charge in [0.2, 0.25) is 0 Å². The normalized spacial score (nSPS) is 31.5. The molecule has 0 radical (unpaired) electrons. The van der Waals surface area contributed by atoms with Crippen molar-refractivity contribution < 1.29 is 15.0 Å². The molecule has 76 valence electrons. The van der Waals surface area contributed by atoms with Gasteiger partial charge in [0.05, 0.1) is 12.1 Å². The largest absolute Gasteiger partial charge is 0.465 e. The first kappa shape index (κ1) is 10.3. The summed E-state index contributed by atoms with van der Waals surface area (Å²) in [5.41, 5.74) is 0. The maximum Gasteiger partial charge on any atom is 0.407 e. The van der Waals surface area contributed by atoms with Crippen LogP contribution in [0.4, 0.5) is 4.79 Å². The van der Waals surface area contributed by atoms with Crippen LogP contribution in [-0.4, -0.2) is 39.9 Å². The van der Waals surface area contributed by atoms with E-state index >= 15 is 0 Å². The molecule has 0 aromatic heterocycles. The molecule has 1 fully saturated rings. The van der Waals surface area contributed by atoms with Gasteiger partial charge < -0.3 is 15.1 Å². The fourth-order valence-corrected chi connectivity index (χ4v) is 2.17. The lowest BCUT2D eigenvalue weighted by Gasteiger charge is -2.39. The van der Waals surface area contributed by atoms with Crippen LogP contribution < -0.4 is 0 Å². The first-order chi connectivity index (χ1) is 6.04. The van der Waals surface area contributed by atoms with Crippen molar-refractivity contribution in [2.45, 2.75) is 38.8 Å². The van der Waals surface area contributed by atoms with Crippen LogP contribution in [0.3, 0.4) is 0 Å². The molecular formula is C9H17NO3. The second kappa shape index (κ2) is 3.96. The molecule has 0 saturated carbocycles. The molecule has 1 aliphatic rings. The molecule has 3 unspecified atom stereocenters. The van der Waals surface area contributed by atoms with Crippen LogP contribution in [0.1, 0.15) is 26.7 Å². The van der Waals surface area contributed by atoms with Crippen molar-refractivity contribution >= 4 is 6.09 Å². The zero-order valence-electron chi connectivity index (χ0n) is 8.10. The number of amides is 1. The number of nitrogens with zero attached hydrogens (tertiary/aromatic N) is 1. The van der Waals surface area contributed by atoms with Gasteiger partial charge in [-0.1, -0.05) is 6.92 Å². The molecule has 1 amide bonds. The molecule has 0 aromatic rings. The molecule has 0 bridgehead atoms. The van der Waals surface area contributed by atoms with Gasteiger partial charge in [-0.2, -0.15) is 0 Å². The Morgan fingerprint density at radius 1 is 1.62 bits per heavy atom. The highest BCUT2D eigenvalue weighted by atomic mass is 16.4. The van der Waals surface area contributed by atoms with Gasteiger partial charge in [-0.3, -0.25) is 0 Å². The third-order valence-electron chi connectivity index (χ3n) is 2.74. The van der Waals surface area contributed by atoms with E-state index < -0.39 is 12.2 Å². The maximum atomic E-state index is 10.8. The summed E-state index contributed by atoms with van der Waals surface area (Å²) in [6, 6.07) is -0.230. The molecule has 0 aliphatic carbocycles. The molecule has 13 heavy (non-hydrogen) atoms. The lowest BCUT2D eigenvalue weighted by atomic mass is 9.88. The monoisotopic (exact) mass is 187 g/mol. The minimum atomic E-state index is -0.919. The third-order valence-corrected chi connectivity index (χ3v) is 2.74. The van der Waals surface area contributed by atoms with E-state index in [0.717, 1.165) is 12.8 Å². The minimum Gasteiger partial charge on any atom is -0.465 e. The van der Waals surface area contributed by atoms with E-state index in [1.54, 1.807) is 6.92 Å². The lowest BCUT2D eigenvalue weighted by molar-refractivity contribution is 0.0119. The standard InChI is InChI=1S/C9H17NO3/c1-6-4-3-5-10(9(12)13)8(6)7(2)11/h6-8,11H,3-5H2,1-2H3,(H,12,13). The van der Waals surface area contributed by atoms with E-state index in [1.807, 2.05) is 6.92 Å². The van der Waals surface area contributed by atoms with E-state index in [-0.39, 0.29) is 12.0 Å². The van der Waals surface area contributed by atoms with Crippen molar-refractivity contribution in [2.75, 3.05) is 6.54 Å². The summed E-state index contributed by atoms with van der Waals surface area (Å²) < 4.78 is 0. The quantitative estimate of drug-likeness (QED) is 0.647. The van der Waals surface area contributed by atoms with Crippen molar-refractivity contribution in [3.63, 3.8) is 0 Å². The second-order valence-corrected chi connectivity index (χ2v) is 3.83. The van der Waals surface area contributed by atoms with Crippen LogP contribution in [-0.2, 0) is 0 Å². The van der Waals surface area contributed by atoms with Gasteiger partial charge in [0.15, 0.2) is 0 Å². The molecule has 3 atom stereocenters. The molecule has 1 heterocycles. The zero-order chi connectivity index (χ0) is 10.0. The summed E-state index contributed by atoms with van der Waals surface area (Å²) in [6.45, 7) is 4.20. The van der Waals surface area contributed by atoms with E-state index in [0.29, 0.717) is 6.54 Å². The number of hydrogen-bond acceptors (Lipinski definition) is 2. The number of likely N-dealkylation sites (tertiary alicyclic amines) is 1. The Morgan fingerprint density at radius 3 is 2.62 bits per heavy atom. The maximum absolute atomic E-state index is 10.8. The van der Waals surface area contributed by atoms with Crippen molar-refractivity contribution in [3.8, 4) is 0 Å². The third kappa shape index (κ3) is 2.12. The number of piperidine rings is 1. The molecule has 1 saturated heterocycles. The average molecular weight is 187 g/mol. The highest BCUT2D eigenvalue weighted by molar-refractivity contribution is 5.65. The lowest BCUT2D eigenvalue weighted by Crippen LogP contribution is -2.52. The number of carboxylic acid groups (broad SMARTS) is 1. The summed E-state index contributed by atoms with van der Waals surface area (Å²) in [6.07, 6.45) is 0.402. The molecule has 0 aromatic carbocycles. The van der Waals surface area contributed by atoms with Gasteiger partial charge in [-0.15, -0.1) is 0 Å². The van der Waals surface area contributed by atoms with Crippen LogP contribution >= 0.6 is 0 Å². The highest BCUT2D eigenvalue weighted by Crippen LogP contribution is 2.25. The Bertz CT molecular complexity index is 193. The predicted molar refractivity (Wildman–Crippen MR) is 48.6 cm³/mol. The Hall–Kier alpha value is -0.770. The smallest absolute Gasteiger partial charge is 0.407 e. The number of aliphatic hydroxyl groups is 1. The fourth-order valence-electron chi connectivity index (χ4n) is 2.17. The van der Waals surface area contributed by atoms with Crippen LogP contribution in [0.5, 0.6) is 0 Å². The first-order valence-electron chi connectivity index (χ1n) is 4.71. The van der Waals surface area contributed by atoms with E-state index in [1.165, 1.54) is 4.90 Å². The molecule has 4 nitrogen and oxygen atoms in total. The summed E-state index contributed by atoms with van der Waals surface area (Å²) in [7, 11) is 0. The zero-order valence-corrected chi connectivity index (χ0v) is 8.10. The van der Waals surface area contributed by atoms with E-state index in [4.69, 9.17) is 5.11 Å². The van der Waals surface area contributed by atoms with Crippen LogP contribution in [0.15, 0.2) is 0 Å². The Morgan fingerprint density at radius 2 is 2.23 bits per heavy atom. The number of aliphatic hydroxyl groups excluding tert-OH is 1. The molecule has 1 rings (SSSR count). The summed E-state index contributed by atoms with van der Waals surface area (Å²) >= 11 is 0. The van der Waals surface area contributed by atoms with Crippen LogP contribution in [0, 0.1) is 5.92 Å². The summed E-state index contributed by atoms with van der Waals surface area (Å²) in [5.74, 6) is 0.254. The highest BCUT2D eigenvalue weighted by Gasteiger charge is 2.34. The van der Waals surface area contributed by atoms with Crippen LogP contribution in [0.2, 0.25) is 0 Å². The van der Waals surface area contributed by atoms with Gasteiger partial charge in [0, 0.05) is 6.54 Å². The predicted octanol–water partition coefficient (Wildman–Crippen LogP) is 1.15. The summed E-state index contributed by atoms with van der Waals surface area (Å²) in [4.78, 5) is 12.2. The fraction of sp³-hybridized carbons (Fsp3) is 0.889. The first-order valence-corrected chi connectivity index (χ1v) is 4.71. The molecule has 2 N–H and O–H groups in total. The van der Waals surface area contributed by atoms with Crippen molar-refractivity contribution in [3.05, 3.63) is 0 Å². The SMILES string of the molecule is CC(O)C1C(C)CCCN1C(=O)O. The number of rotatable bonds is 1. The van der Waals surface area contributed by atoms with Crippen molar-refractivity contribution in [1.82, 2.24) is 4.90 Å². The Labute approximate surface area is 78.2 Å². The van der Waals surface area contributed by atoms with Gasteiger partial charge in [-0.05, 0) is 25.7 Å². The van der Waals surface area contributed by atoms with Gasteiger partial charge in [0.1, 0.15) is 0 Å². The van der Waals surface area contributed by atoms with Gasteiger partial charge in [-0.25, -0.2) is 4.79 Å². The van der Waals surface area contributed by atoms with Gasteiger partial charge >= 0.3 is 6.09 Å². The summed E-state index contributed by atoms with van der Waals surface area (Å²) in [5, 5.41) is 18.4.